The van der Waals surface area contributed by atoms with Crippen LogP contribution in [0.2, 0.25) is 0 Å². The van der Waals surface area contributed by atoms with E-state index in [-0.39, 0.29) is 24.5 Å². The predicted molar refractivity (Wildman–Crippen MR) is 106 cm³/mol. The van der Waals surface area contributed by atoms with Crippen molar-refractivity contribution in [1.29, 1.82) is 0 Å². The summed E-state index contributed by atoms with van der Waals surface area (Å²) in [6.45, 7) is 2.08. The average molecular weight is 376 g/mol. The molecule has 0 saturated heterocycles. The first-order chi connectivity index (χ1) is 13.0. The highest BCUT2D eigenvalue weighted by molar-refractivity contribution is 5.86. The van der Waals surface area contributed by atoms with E-state index in [1.807, 2.05) is 18.2 Å². The lowest BCUT2D eigenvalue weighted by Gasteiger charge is -2.16. The first kappa shape index (κ1) is 23.1. The Morgan fingerprint density at radius 2 is 1.93 bits per heavy atom. The Kier molecular flexibility index (Phi) is 11.3. The molecule has 5 heteroatoms. The molecular weight excluding hydrogens is 344 g/mol. The van der Waals surface area contributed by atoms with Crippen LogP contribution in [0.15, 0.2) is 48.6 Å². The van der Waals surface area contributed by atoms with Gasteiger partial charge >= 0.3 is 5.97 Å². The van der Waals surface area contributed by atoms with Crippen molar-refractivity contribution in [2.24, 2.45) is 11.8 Å². The number of aliphatic hydroxyl groups excluding tert-OH is 2. The van der Waals surface area contributed by atoms with Crippen LogP contribution in [-0.2, 0) is 9.59 Å². The van der Waals surface area contributed by atoms with E-state index in [1.54, 1.807) is 18.2 Å². The van der Waals surface area contributed by atoms with Crippen molar-refractivity contribution in [2.75, 3.05) is 0 Å². The number of carbonyl (C=O) groups excluding carboxylic acids is 1. The molecule has 0 amide bonds. The number of hydrogen-bond acceptors (Lipinski definition) is 4. The second-order valence-electron chi connectivity index (χ2n) is 6.84. The molecule has 27 heavy (non-hydrogen) atoms. The zero-order valence-corrected chi connectivity index (χ0v) is 16.0. The third-order valence-corrected chi connectivity index (χ3v) is 4.60. The molecule has 1 aliphatic carbocycles. The van der Waals surface area contributed by atoms with E-state index in [0.717, 1.165) is 12.8 Å². The van der Waals surface area contributed by atoms with Crippen LogP contribution >= 0.6 is 0 Å². The first-order valence-corrected chi connectivity index (χ1v) is 9.69. The van der Waals surface area contributed by atoms with Crippen molar-refractivity contribution >= 4 is 11.8 Å². The predicted octanol–water partition coefficient (Wildman–Crippen LogP) is 3.58. The zero-order valence-electron chi connectivity index (χ0n) is 16.0. The molecule has 0 bridgehead atoms. The maximum Gasteiger partial charge on any atom is 0.303 e. The van der Waals surface area contributed by atoms with Gasteiger partial charge in [-0.15, -0.1) is 0 Å². The van der Waals surface area contributed by atoms with Crippen LogP contribution in [0.5, 0.6) is 0 Å². The third-order valence-electron chi connectivity index (χ3n) is 4.60. The molecule has 0 unspecified atom stereocenters. The fourth-order valence-corrected chi connectivity index (χ4v) is 3.10. The molecule has 5 nitrogen and oxygen atoms in total. The van der Waals surface area contributed by atoms with E-state index in [1.165, 1.54) is 0 Å². The Hall–Kier alpha value is -1.98. The van der Waals surface area contributed by atoms with Crippen molar-refractivity contribution in [3.8, 4) is 0 Å². The van der Waals surface area contributed by atoms with E-state index in [2.05, 4.69) is 19.1 Å². The minimum Gasteiger partial charge on any atom is -0.481 e. The van der Waals surface area contributed by atoms with E-state index in [9.17, 15) is 19.8 Å². The molecular formula is C22H32O5. The van der Waals surface area contributed by atoms with Crippen molar-refractivity contribution in [1.82, 2.24) is 0 Å². The van der Waals surface area contributed by atoms with E-state index in [0.29, 0.717) is 19.3 Å². The monoisotopic (exact) mass is 376 g/mol. The maximum absolute atomic E-state index is 12.1. The summed E-state index contributed by atoms with van der Waals surface area (Å²) in [6.07, 6.45) is 17.2. The summed E-state index contributed by atoms with van der Waals surface area (Å²) in [6, 6.07) is 0. The van der Waals surface area contributed by atoms with Gasteiger partial charge in [-0.2, -0.15) is 0 Å². The molecule has 0 heterocycles. The molecule has 1 aliphatic rings. The number of allylic oxidation sites excluding steroid dienone is 6. The summed E-state index contributed by atoms with van der Waals surface area (Å²) in [4.78, 5) is 22.6. The third kappa shape index (κ3) is 9.50. The van der Waals surface area contributed by atoms with Crippen LogP contribution in [0.1, 0.15) is 51.9 Å². The second-order valence-corrected chi connectivity index (χ2v) is 6.84. The molecule has 1 saturated carbocycles. The van der Waals surface area contributed by atoms with Gasteiger partial charge in [0.05, 0.1) is 12.2 Å². The van der Waals surface area contributed by atoms with Crippen LogP contribution < -0.4 is 0 Å². The van der Waals surface area contributed by atoms with Crippen LogP contribution in [0.3, 0.4) is 0 Å². The van der Waals surface area contributed by atoms with Crippen molar-refractivity contribution in [2.45, 2.75) is 64.1 Å². The fraction of sp³-hybridized carbons (Fsp3) is 0.545. The van der Waals surface area contributed by atoms with Gasteiger partial charge in [-0.25, -0.2) is 0 Å². The number of carboxylic acid groups (broad SMARTS) is 1. The number of ketones is 1. The molecule has 0 radical (unpaired) electrons. The molecule has 1 rings (SSSR count). The highest BCUT2D eigenvalue weighted by Gasteiger charge is 2.39. The lowest BCUT2D eigenvalue weighted by Crippen LogP contribution is -2.19. The van der Waals surface area contributed by atoms with Crippen molar-refractivity contribution in [3.63, 3.8) is 0 Å². The SMILES string of the molecule is CC/C=C\C/C=C\C[C@@H](O)/C=C/[C@@H]1C(=O)C[C@H](O)[C@H]1C/C=C\CCC(=O)O. The number of rotatable bonds is 12. The molecule has 4 atom stereocenters. The van der Waals surface area contributed by atoms with Crippen LogP contribution in [-0.4, -0.2) is 39.3 Å². The minimum atomic E-state index is -0.846. The van der Waals surface area contributed by atoms with Crippen molar-refractivity contribution < 1.29 is 24.9 Å². The number of aliphatic carboxylic acids is 1. The van der Waals surface area contributed by atoms with Crippen LogP contribution in [0.25, 0.3) is 0 Å². The summed E-state index contributed by atoms with van der Waals surface area (Å²) in [5.41, 5.74) is 0. The molecule has 1 fully saturated rings. The molecule has 0 aliphatic heterocycles. The normalized spacial score (nSPS) is 24.9. The lowest BCUT2D eigenvalue weighted by atomic mass is 9.90. The summed E-state index contributed by atoms with van der Waals surface area (Å²) in [7, 11) is 0. The Morgan fingerprint density at radius 3 is 2.63 bits per heavy atom. The van der Waals surface area contributed by atoms with E-state index in [4.69, 9.17) is 5.11 Å². The number of Topliss-reactive ketones (excluding diaryl/α,β-unsaturated/α-hetero) is 1. The van der Waals surface area contributed by atoms with Gasteiger partial charge in [-0.1, -0.05) is 55.5 Å². The fourth-order valence-electron chi connectivity index (χ4n) is 3.10. The molecule has 0 aromatic rings. The van der Waals surface area contributed by atoms with Crippen molar-refractivity contribution in [3.05, 3.63) is 48.6 Å². The van der Waals surface area contributed by atoms with Gasteiger partial charge in [0.1, 0.15) is 5.78 Å². The molecule has 0 aromatic heterocycles. The van der Waals surface area contributed by atoms with Gasteiger partial charge in [0.15, 0.2) is 0 Å². The highest BCUT2D eigenvalue weighted by atomic mass is 16.4. The van der Waals surface area contributed by atoms with Crippen LogP contribution in [0.4, 0.5) is 0 Å². The van der Waals surface area contributed by atoms with E-state index < -0.39 is 24.1 Å². The second kappa shape index (κ2) is 13.2. The standard InChI is InChI=1S/C22H32O5/c1-2-3-4-5-6-8-11-17(23)14-15-19-18(20(24)16-21(19)25)12-9-7-10-13-22(26)27/h3-4,6-9,14-15,17-20,23-24H,2,5,10-13,16H2,1H3,(H,26,27)/b4-3-,8-6-,9-7-,15-14+/t17-,18+,19+,20+/m1/s1. The highest BCUT2D eigenvalue weighted by Crippen LogP contribution is 2.33. The topological polar surface area (TPSA) is 94.8 Å². The number of hydrogen-bond donors (Lipinski definition) is 3. The molecule has 150 valence electrons. The van der Waals surface area contributed by atoms with Gasteiger partial charge in [0.2, 0.25) is 0 Å². The van der Waals surface area contributed by atoms with Gasteiger partial charge in [-0.3, -0.25) is 9.59 Å². The summed E-state index contributed by atoms with van der Waals surface area (Å²) >= 11 is 0. The summed E-state index contributed by atoms with van der Waals surface area (Å²) < 4.78 is 0. The number of carboxylic acids is 1. The largest absolute Gasteiger partial charge is 0.481 e. The molecule has 0 spiro atoms. The Balaban J connectivity index is 2.50. The lowest BCUT2D eigenvalue weighted by molar-refractivity contribution is -0.136. The van der Waals surface area contributed by atoms with Gasteiger partial charge in [-0.05, 0) is 32.1 Å². The van der Waals surface area contributed by atoms with Gasteiger partial charge in [0, 0.05) is 24.7 Å². The number of carbonyl (C=O) groups is 2. The number of aliphatic hydroxyl groups is 2. The zero-order chi connectivity index (χ0) is 20.1. The first-order valence-electron chi connectivity index (χ1n) is 9.69. The minimum absolute atomic E-state index is 0.0184. The smallest absolute Gasteiger partial charge is 0.303 e. The maximum atomic E-state index is 12.1. The summed E-state index contributed by atoms with van der Waals surface area (Å²) in [5.74, 6) is -1.50. The molecule has 0 aromatic carbocycles. The van der Waals surface area contributed by atoms with E-state index >= 15 is 0 Å². The Labute approximate surface area is 161 Å². The Morgan fingerprint density at radius 1 is 1.19 bits per heavy atom. The van der Waals surface area contributed by atoms with Gasteiger partial charge in [0.25, 0.3) is 0 Å². The average Bonchev–Trinajstić information content (AvgIpc) is 2.88. The summed E-state index contributed by atoms with van der Waals surface area (Å²) in [5, 5.41) is 28.8. The Bertz CT molecular complexity index is 573. The van der Waals surface area contributed by atoms with Gasteiger partial charge < -0.3 is 15.3 Å². The quantitative estimate of drug-likeness (QED) is 0.453. The van der Waals surface area contributed by atoms with Crippen LogP contribution in [0, 0.1) is 11.8 Å². The molecule has 3 N–H and O–H groups in total.